The maximum atomic E-state index is 12.2. The van der Waals surface area contributed by atoms with Crippen LogP contribution >= 0.6 is 0 Å². The van der Waals surface area contributed by atoms with Crippen LogP contribution in [0, 0.1) is 5.82 Å². The minimum absolute atomic E-state index is 0.307. The first kappa shape index (κ1) is 17.3. The van der Waals surface area contributed by atoms with Crippen molar-refractivity contribution >= 4 is 16.1 Å². The van der Waals surface area contributed by atoms with Crippen molar-refractivity contribution in [3.8, 4) is 0 Å². The van der Waals surface area contributed by atoms with Crippen LogP contribution in [-0.4, -0.2) is 25.5 Å². The van der Waals surface area contributed by atoms with Crippen LogP contribution < -0.4 is 0 Å². The van der Waals surface area contributed by atoms with Crippen LogP contribution in [0.4, 0.5) is 4.39 Å². The van der Waals surface area contributed by atoms with Gasteiger partial charge in [-0.05, 0) is 38.1 Å². The zero-order valence-electron chi connectivity index (χ0n) is 10.6. The first-order chi connectivity index (χ1) is 8.68. The molecule has 19 heavy (non-hydrogen) atoms. The van der Waals surface area contributed by atoms with E-state index < -0.39 is 15.9 Å². The highest BCUT2D eigenvalue weighted by Gasteiger charge is 2.07. The zero-order valence-corrected chi connectivity index (χ0v) is 11.4. The molecule has 0 aliphatic heterocycles. The Morgan fingerprint density at radius 2 is 1.84 bits per heavy atom. The van der Waals surface area contributed by atoms with Crippen molar-refractivity contribution in [3.63, 3.8) is 0 Å². The van der Waals surface area contributed by atoms with E-state index in [1.165, 1.54) is 0 Å². The average Bonchev–Trinajstić information content (AvgIpc) is 2.29. The second-order valence-electron chi connectivity index (χ2n) is 3.43. The maximum Gasteiger partial charge on any atom is 0.333 e. The van der Waals surface area contributed by atoms with Crippen molar-refractivity contribution < 1.29 is 26.9 Å². The Labute approximate surface area is 111 Å². The molecule has 5 nitrogen and oxygen atoms in total. The summed E-state index contributed by atoms with van der Waals surface area (Å²) >= 11 is 0. The molecular weight excluding hydrogens is 275 g/mol. The molecule has 0 aliphatic rings. The summed E-state index contributed by atoms with van der Waals surface area (Å²) in [7, 11) is -4.19. The normalized spacial score (nSPS) is 10.1. The number of benzene rings is 1. The SMILES string of the molecule is C=C(C)C(=O)OCC.O=S(=O)(O)c1ccc(F)cc1. The summed E-state index contributed by atoms with van der Waals surface area (Å²) in [4.78, 5) is 10.1. The topological polar surface area (TPSA) is 80.7 Å². The standard InChI is InChI=1S/C6H5FO3S.C6H10O2/c7-5-1-3-6(4-2-5)11(8,9)10;1-4-8-6(7)5(2)3/h1-4H,(H,8,9,10);2,4H2,1,3H3. The Bertz CT molecular complexity index is 534. The second kappa shape index (κ2) is 7.65. The summed E-state index contributed by atoms with van der Waals surface area (Å²) in [5.41, 5.74) is 0.451. The molecule has 0 atom stereocenters. The fourth-order valence-electron chi connectivity index (χ4n) is 0.861. The Balaban J connectivity index is 0.000000362. The van der Waals surface area contributed by atoms with Gasteiger partial charge in [-0.3, -0.25) is 4.55 Å². The maximum absolute atomic E-state index is 12.2. The molecule has 0 bridgehead atoms. The molecule has 0 amide bonds. The Kier molecular flexibility index (Phi) is 6.95. The fourth-order valence-corrected chi connectivity index (χ4v) is 1.34. The highest BCUT2D eigenvalue weighted by Crippen LogP contribution is 2.08. The van der Waals surface area contributed by atoms with Crippen molar-refractivity contribution in [2.24, 2.45) is 0 Å². The predicted molar refractivity (Wildman–Crippen MR) is 67.7 cm³/mol. The Morgan fingerprint density at radius 3 is 2.11 bits per heavy atom. The van der Waals surface area contributed by atoms with Crippen molar-refractivity contribution in [2.75, 3.05) is 6.61 Å². The van der Waals surface area contributed by atoms with Crippen LogP contribution in [0.3, 0.4) is 0 Å². The van der Waals surface area contributed by atoms with Crippen molar-refractivity contribution in [1.82, 2.24) is 0 Å². The van der Waals surface area contributed by atoms with Gasteiger partial charge in [0.2, 0.25) is 0 Å². The highest BCUT2D eigenvalue weighted by molar-refractivity contribution is 7.85. The van der Waals surface area contributed by atoms with Gasteiger partial charge in [0.15, 0.2) is 0 Å². The van der Waals surface area contributed by atoms with E-state index >= 15 is 0 Å². The van der Waals surface area contributed by atoms with E-state index in [4.69, 9.17) is 4.55 Å². The van der Waals surface area contributed by atoms with Gasteiger partial charge < -0.3 is 4.74 Å². The summed E-state index contributed by atoms with van der Waals surface area (Å²) in [5.74, 6) is -0.857. The summed E-state index contributed by atoms with van der Waals surface area (Å²) in [6.45, 7) is 7.21. The van der Waals surface area contributed by atoms with Crippen LogP contribution in [0.25, 0.3) is 0 Å². The van der Waals surface area contributed by atoms with Crippen LogP contribution in [0.1, 0.15) is 13.8 Å². The fraction of sp³-hybridized carbons (Fsp3) is 0.250. The lowest BCUT2D eigenvalue weighted by Gasteiger charge is -1.96. The van der Waals surface area contributed by atoms with Crippen LogP contribution in [0.2, 0.25) is 0 Å². The molecule has 0 saturated heterocycles. The molecular formula is C12H15FO5S. The molecule has 0 spiro atoms. The molecule has 0 fully saturated rings. The van der Waals surface area contributed by atoms with Gasteiger partial charge in [0.25, 0.3) is 10.1 Å². The number of carbonyl (C=O) groups is 1. The molecule has 0 radical (unpaired) electrons. The molecule has 0 aromatic heterocycles. The largest absolute Gasteiger partial charge is 0.463 e. The molecule has 7 heteroatoms. The Hall–Kier alpha value is -1.73. The molecule has 0 aliphatic carbocycles. The van der Waals surface area contributed by atoms with E-state index in [9.17, 15) is 17.6 Å². The number of ether oxygens (including phenoxy) is 1. The quantitative estimate of drug-likeness (QED) is 0.524. The second-order valence-corrected chi connectivity index (χ2v) is 4.85. The van der Waals surface area contributed by atoms with Gasteiger partial charge in [-0.25, -0.2) is 9.18 Å². The number of hydrogen-bond donors (Lipinski definition) is 1. The lowest BCUT2D eigenvalue weighted by Crippen LogP contribution is -2.03. The smallest absolute Gasteiger partial charge is 0.333 e. The summed E-state index contributed by atoms with van der Waals surface area (Å²) < 4.78 is 45.9. The van der Waals surface area contributed by atoms with Gasteiger partial charge in [-0.2, -0.15) is 8.42 Å². The molecule has 1 N–H and O–H groups in total. The molecule has 1 aromatic rings. The van der Waals surface area contributed by atoms with Crippen LogP contribution in [0.15, 0.2) is 41.3 Å². The van der Waals surface area contributed by atoms with Gasteiger partial charge in [-0.1, -0.05) is 6.58 Å². The Morgan fingerprint density at radius 1 is 1.37 bits per heavy atom. The minimum atomic E-state index is -4.19. The van der Waals surface area contributed by atoms with E-state index in [2.05, 4.69) is 11.3 Å². The third-order valence-electron chi connectivity index (χ3n) is 1.74. The summed E-state index contributed by atoms with van der Waals surface area (Å²) in [6, 6.07) is 3.90. The summed E-state index contributed by atoms with van der Waals surface area (Å²) in [6.07, 6.45) is 0. The first-order valence-corrected chi connectivity index (χ1v) is 6.68. The average molecular weight is 290 g/mol. The van der Waals surface area contributed by atoms with E-state index in [0.717, 1.165) is 24.3 Å². The van der Waals surface area contributed by atoms with Crippen molar-refractivity contribution in [1.29, 1.82) is 0 Å². The van der Waals surface area contributed by atoms with Crippen molar-refractivity contribution in [2.45, 2.75) is 18.7 Å². The number of rotatable bonds is 3. The summed E-state index contributed by atoms with van der Waals surface area (Å²) in [5, 5.41) is 0. The van der Waals surface area contributed by atoms with Gasteiger partial charge >= 0.3 is 5.97 Å². The number of esters is 1. The molecule has 106 valence electrons. The van der Waals surface area contributed by atoms with Gasteiger partial charge in [0.1, 0.15) is 5.82 Å². The van der Waals surface area contributed by atoms with E-state index in [1.807, 2.05) is 0 Å². The molecule has 0 saturated carbocycles. The third kappa shape index (κ3) is 7.32. The lowest BCUT2D eigenvalue weighted by molar-refractivity contribution is -0.138. The number of carbonyl (C=O) groups excluding carboxylic acids is 1. The predicted octanol–water partition coefficient (Wildman–Crippen LogP) is 2.20. The minimum Gasteiger partial charge on any atom is -0.463 e. The lowest BCUT2D eigenvalue weighted by atomic mass is 10.4. The molecule has 1 aromatic carbocycles. The number of hydrogen-bond acceptors (Lipinski definition) is 4. The third-order valence-corrected chi connectivity index (χ3v) is 2.60. The molecule has 1 rings (SSSR count). The van der Waals surface area contributed by atoms with Gasteiger partial charge in [0, 0.05) is 5.57 Å². The molecule has 0 heterocycles. The first-order valence-electron chi connectivity index (χ1n) is 5.24. The van der Waals surface area contributed by atoms with E-state index in [1.54, 1.807) is 13.8 Å². The zero-order chi connectivity index (χ0) is 15.1. The molecule has 0 unspecified atom stereocenters. The van der Waals surface area contributed by atoms with Gasteiger partial charge in [-0.15, -0.1) is 0 Å². The van der Waals surface area contributed by atoms with E-state index in [-0.39, 0.29) is 10.9 Å². The van der Waals surface area contributed by atoms with Crippen LogP contribution in [0.5, 0.6) is 0 Å². The van der Waals surface area contributed by atoms with Crippen molar-refractivity contribution in [3.05, 3.63) is 42.2 Å². The van der Waals surface area contributed by atoms with Gasteiger partial charge in [0.05, 0.1) is 11.5 Å². The monoisotopic (exact) mass is 290 g/mol. The van der Waals surface area contributed by atoms with E-state index in [0.29, 0.717) is 12.2 Å². The highest BCUT2D eigenvalue weighted by atomic mass is 32.2. The number of halogens is 1. The van der Waals surface area contributed by atoms with Crippen LogP contribution in [-0.2, 0) is 19.6 Å².